The summed E-state index contributed by atoms with van der Waals surface area (Å²) in [7, 11) is 0. The Morgan fingerprint density at radius 3 is 2.00 bits per heavy atom. The van der Waals surface area contributed by atoms with Crippen molar-refractivity contribution in [3.8, 4) is 0 Å². The van der Waals surface area contributed by atoms with E-state index < -0.39 is 47.9 Å². The van der Waals surface area contributed by atoms with Crippen LogP contribution < -0.4 is 33.2 Å². The summed E-state index contributed by atoms with van der Waals surface area (Å²) in [6, 6.07) is -4.53. The number of aromatic amines is 2. The Bertz CT molecular complexity index is 1070. The van der Waals surface area contributed by atoms with Gasteiger partial charge in [0, 0.05) is 48.9 Å². The number of carboxylic acids is 1. The van der Waals surface area contributed by atoms with Crippen molar-refractivity contribution in [1.29, 1.82) is 0 Å². The maximum atomic E-state index is 13.1. The monoisotopic (exact) mass is 551 g/mol. The van der Waals surface area contributed by atoms with Crippen molar-refractivity contribution in [2.75, 3.05) is 12.3 Å². The lowest BCUT2D eigenvalue weighted by Gasteiger charge is -2.24. The average molecular weight is 552 g/mol. The summed E-state index contributed by atoms with van der Waals surface area (Å²) < 4.78 is 0. The largest absolute Gasteiger partial charge is 0.480 e. The number of hydrogen-bond acceptors (Lipinski definition) is 9. The number of nitrogens with zero attached hydrogens (tertiary/aromatic N) is 3. The second-order valence-electron chi connectivity index (χ2n) is 8.32. The minimum atomic E-state index is -1.26. The van der Waals surface area contributed by atoms with Gasteiger partial charge in [0.25, 0.3) is 0 Å². The molecule has 0 aliphatic carbocycles. The van der Waals surface area contributed by atoms with Crippen molar-refractivity contribution in [1.82, 2.24) is 35.9 Å². The number of H-pyrrole nitrogens is 2. The second-order valence-corrected chi connectivity index (χ2v) is 8.69. The molecule has 4 atom stereocenters. The molecule has 0 saturated heterocycles. The average Bonchev–Trinajstić information content (AvgIpc) is 3.57. The molecule has 2 rings (SSSR count). The molecule has 0 bridgehead atoms. The topological polar surface area (TPSA) is 272 Å². The molecule has 0 saturated carbocycles. The molecule has 0 radical (unpaired) electrons. The Labute approximate surface area is 223 Å². The molecule has 2 aromatic rings. The Hall–Kier alpha value is -4.12. The molecule has 0 aromatic carbocycles. The summed E-state index contributed by atoms with van der Waals surface area (Å²) in [5, 5.41) is 17.0. The van der Waals surface area contributed by atoms with Crippen molar-refractivity contribution in [2.45, 2.75) is 49.9 Å². The fourth-order valence-electron chi connectivity index (χ4n) is 3.33. The molecular formula is C21H33N11O5S. The van der Waals surface area contributed by atoms with E-state index in [1.165, 1.54) is 25.0 Å². The molecule has 208 valence electrons. The van der Waals surface area contributed by atoms with Gasteiger partial charge in [0.1, 0.15) is 18.1 Å². The van der Waals surface area contributed by atoms with Crippen LogP contribution in [-0.4, -0.2) is 91.2 Å². The molecule has 3 amide bonds. The Morgan fingerprint density at radius 1 is 0.921 bits per heavy atom. The lowest BCUT2D eigenvalue weighted by molar-refractivity contribution is -0.142. The highest BCUT2D eigenvalue weighted by atomic mass is 32.1. The lowest BCUT2D eigenvalue weighted by Crippen LogP contribution is -2.58. The van der Waals surface area contributed by atoms with Gasteiger partial charge >= 0.3 is 5.97 Å². The SMILES string of the molecule is NC(N)=NCCCC(NC(=O)C(CS)NC(=O)C(Cc1cnc[nH]1)NC(=O)C(N)Cc1cnc[nH]1)C(=O)O. The van der Waals surface area contributed by atoms with Crippen LogP contribution in [0, 0.1) is 0 Å². The van der Waals surface area contributed by atoms with Crippen molar-refractivity contribution >= 4 is 42.3 Å². The van der Waals surface area contributed by atoms with E-state index >= 15 is 0 Å². The fourth-order valence-corrected chi connectivity index (χ4v) is 3.59. The zero-order valence-electron chi connectivity index (χ0n) is 20.5. The Kier molecular flexibility index (Phi) is 12.0. The van der Waals surface area contributed by atoms with Crippen LogP contribution in [0.5, 0.6) is 0 Å². The van der Waals surface area contributed by atoms with Crippen LogP contribution in [0.1, 0.15) is 24.2 Å². The van der Waals surface area contributed by atoms with E-state index in [1.807, 2.05) is 0 Å². The van der Waals surface area contributed by atoms with Crippen LogP contribution >= 0.6 is 12.6 Å². The van der Waals surface area contributed by atoms with Gasteiger partial charge in [-0.15, -0.1) is 0 Å². The van der Waals surface area contributed by atoms with E-state index in [4.69, 9.17) is 17.2 Å². The predicted octanol–water partition coefficient (Wildman–Crippen LogP) is -3.23. The van der Waals surface area contributed by atoms with Crippen molar-refractivity contribution < 1.29 is 24.3 Å². The molecule has 2 heterocycles. The minimum Gasteiger partial charge on any atom is -0.480 e. The van der Waals surface area contributed by atoms with Gasteiger partial charge in [-0.25, -0.2) is 14.8 Å². The summed E-state index contributed by atoms with van der Waals surface area (Å²) in [6.45, 7) is 0.187. The number of carboxylic acid groups (broad SMARTS) is 1. The van der Waals surface area contributed by atoms with Crippen molar-refractivity contribution in [2.24, 2.45) is 22.2 Å². The predicted molar refractivity (Wildman–Crippen MR) is 140 cm³/mol. The smallest absolute Gasteiger partial charge is 0.326 e. The number of nitrogens with one attached hydrogen (secondary N) is 5. The minimum absolute atomic E-state index is 0.0256. The summed E-state index contributed by atoms with van der Waals surface area (Å²) in [4.78, 5) is 67.5. The van der Waals surface area contributed by atoms with Gasteiger partial charge < -0.3 is 48.2 Å². The zero-order chi connectivity index (χ0) is 28.1. The summed E-state index contributed by atoms with van der Waals surface area (Å²) in [5.41, 5.74) is 17.7. The van der Waals surface area contributed by atoms with Gasteiger partial charge in [-0.05, 0) is 12.8 Å². The fraction of sp³-hybridized carbons (Fsp3) is 0.476. The first-order valence-corrected chi connectivity index (χ1v) is 12.2. The molecular weight excluding hydrogens is 518 g/mol. The van der Waals surface area contributed by atoms with Gasteiger partial charge in [-0.2, -0.15) is 12.6 Å². The highest BCUT2D eigenvalue weighted by Gasteiger charge is 2.30. The molecule has 0 aliphatic heterocycles. The molecule has 4 unspecified atom stereocenters. The number of carbonyl (C=O) groups is 4. The van der Waals surface area contributed by atoms with Gasteiger partial charge in [0.15, 0.2) is 5.96 Å². The van der Waals surface area contributed by atoms with Crippen molar-refractivity contribution in [3.63, 3.8) is 0 Å². The molecule has 2 aromatic heterocycles. The number of hydrogen-bond donors (Lipinski definition) is 10. The molecule has 0 spiro atoms. The highest BCUT2D eigenvalue weighted by molar-refractivity contribution is 7.80. The first kappa shape index (κ1) is 30.1. The number of guanidine groups is 1. The van der Waals surface area contributed by atoms with Crippen LogP contribution in [0.15, 0.2) is 30.0 Å². The normalized spacial score (nSPS) is 13.9. The third-order valence-corrected chi connectivity index (χ3v) is 5.68. The number of aliphatic imine (C=N–C) groups is 1. The van der Waals surface area contributed by atoms with Gasteiger partial charge in [0.05, 0.1) is 18.7 Å². The number of aliphatic carboxylic acids is 1. The Balaban J connectivity index is 2.04. The van der Waals surface area contributed by atoms with E-state index in [2.05, 4.69) is 53.5 Å². The van der Waals surface area contributed by atoms with Gasteiger partial charge in [-0.3, -0.25) is 19.4 Å². The molecule has 12 N–H and O–H groups in total. The van der Waals surface area contributed by atoms with Crippen LogP contribution in [0.3, 0.4) is 0 Å². The third-order valence-electron chi connectivity index (χ3n) is 5.32. The second kappa shape index (κ2) is 15.2. The molecule has 17 heteroatoms. The molecule has 16 nitrogen and oxygen atoms in total. The van der Waals surface area contributed by atoms with Crippen LogP contribution in [0.4, 0.5) is 0 Å². The van der Waals surface area contributed by atoms with Gasteiger partial charge in [0.2, 0.25) is 17.7 Å². The maximum Gasteiger partial charge on any atom is 0.326 e. The zero-order valence-corrected chi connectivity index (χ0v) is 21.4. The number of imidazole rings is 2. The molecule has 0 fully saturated rings. The highest BCUT2D eigenvalue weighted by Crippen LogP contribution is 2.04. The molecule has 38 heavy (non-hydrogen) atoms. The van der Waals surface area contributed by atoms with E-state index in [-0.39, 0.29) is 37.5 Å². The third kappa shape index (κ3) is 10.1. The van der Waals surface area contributed by atoms with E-state index in [1.54, 1.807) is 0 Å². The molecule has 0 aliphatic rings. The maximum absolute atomic E-state index is 13.1. The quantitative estimate of drug-likeness (QED) is 0.0431. The number of nitrogens with two attached hydrogens (primary N) is 3. The number of amides is 3. The van der Waals surface area contributed by atoms with Gasteiger partial charge in [-0.1, -0.05) is 0 Å². The van der Waals surface area contributed by atoms with Crippen LogP contribution in [0.2, 0.25) is 0 Å². The van der Waals surface area contributed by atoms with E-state index in [9.17, 15) is 24.3 Å². The first-order chi connectivity index (χ1) is 18.1. The number of thiol groups is 1. The number of aromatic nitrogens is 4. The standard InChI is InChI=1S/C21H33N11O5S/c22-13(4-11-6-25-9-28-11)17(33)31-15(5-12-7-26-10-29-12)18(34)32-16(8-38)19(35)30-14(20(36)37)2-1-3-27-21(23)24/h6-7,9-10,13-16,38H,1-5,8,22H2,(H,25,28)(H,26,29)(H,30,35)(H,31,33)(H,32,34)(H,36,37)(H4,23,24,27). The number of rotatable bonds is 16. The number of carbonyl (C=O) groups excluding carboxylic acids is 3. The summed E-state index contributed by atoms with van der Waals surface area (Å²) in [6.07, 6.45) is 6.42. The van der Waals surface area contributed by atoms with Crippen LogP contribution in [0.25, 0.3) is 0 Å². The van der Waals surface area contributed by atoms with E-state index in [0.717, 1.165) is 0 Å². The first-order valence-electron chi connectivity index (χ1n) is 11.6. The Morgan fingerprint density at radius 2 is 1.47 bits per heavy atom. The van der Waals surface area contributed by atoms with E-state index in [0.29, 0.717) is 17.8 Å². The van der Waals surface area contributed by atoms with Crippen molar-refractivity contribution in [3.05, 3.63) is 36.4 Å². The summed E-state index contributed by atoms with van der Waals surface area (Å²) in [5.74, 6) is -3.58. The lowest BCUT2D eigenvalue weighted by atomic mass is 10.1. The summed E-state index contributed by atoms with van der Waals surface area (Å²) >= 11 is 4.12. The van der Waals surface area contributed by atoms with Crippen LogP contribution in [-0.2, 0) is 32.0 Å².